The van der Waals surface area contributed by atoms with Gasteiger partial charge >= 0.3 is 0 Å². The Morgan fingerprint density at radius 1 is 1.33 bits per heavy atom. The van der Waals surface area contributed by atoms with E-state index in [-0.39, 0.29) is 6.04 Å². The Morgan fingerprint density at radius 3 is 2.56 bits per heavy atom. The summed E-state index contributed by atoms with van der Waals surface area (Å²) in [6.07, 6.45) is 1.82. The predicted molar refractivity (Wildman–Crippen MR) is 75.5 cm³/mol. The molecule has 0 aliphatic carbocycles. The summed E-state index contributed by atoms with van der Waals surface area (Å²) < 4.78 is 2.88. The van der Waals surface area contributed by atoms with Gasteiger partial charge in [0, 0.05) is 18.4 Å². The fourth-order valence-electron chi connectivity index (χ4n) is 2.19. The molecule has 2 rings (SSSR count). The van der Waals surface area contributed by atoms with Gasteiger partial charge in [0.15, 0.2) is 0 Å². The van der Waals surface area contributed by atoms with Crippen LogP contribution < -0.4 is 5.32 Å². The maximum atomic E-state index is 4.53. The average Bonchev–Trinajstić information content (AvgIpc) is 2.64. The summed E-state index contributed by atoms with van der Waals surface area (Å²) in [5.74, 6) is 0. The minimum Gasteiger partial charge on any atom is -0.308 e. The monoisotopic (exact) mass is 308 g/mol. The van der Waals surface area contributed by atoms with Crippen LogP contribution in [0.15, 0.2) is 22.8 Å². The molecule has 0 radical (unpaired) electrons. The Labute approximate surface area is 116 Å². The molecule has 0 aliphatic heterocycles. The van der Waals surface area contributed by atoms with Gasteiger partial charge in [0.2, 0.25) is 0 Å². The normalized spacial score (nSPS) is 12.7. The summed E-state index contributed by atoms with van der Waals surface area (Å²) in [6.45, 7) is 4.04. The molecular weight excluding hydrogens is 292 g/mol. The average molecular weight is 309 g/mol. The number of aromatic nitrogens is 3. The van der Waals surface area contributed by atoms with Gasteiger partial charge in [-0.3, -0.25) is 9.67 Å². The first-order valence-electron chi connectivity index (χ1n) is 5.83. The molecular formula is C13H17BrN4. The Kier molecular flexibility index (Phi) is 3.82. The second-order valence-electron chi connectivity index (χ2n) is 4.35. The molecule has 1 N–H and O–H groups in total. The molecule has 1 unspecified atom stereocenters. The van der Waals surface area contributed by atoms with Gasteiger partial charge in [0.05, 0.1) is 22.4 Å². The highest BCUT2D eigenvalue weighted by Gasteiger charge is 2.21. The van der Waals surface area contributed by atoms with Crippen molar-refractivity contribution in [2.24, 2.45) is 7.05 Å². The molecule has 5 heteroatoms. The van der Waals surface area contributed by atoms with E-state index in [2.05, 4.69) is 37.4 Å². The standard InChI is InChI=1S/C13H17BrN4/c1-8-5-6-10(9(2)17-8)12(15-3)13-11(14)7-16-18(13)4/h5-7,12,15H,1-4H3. The van der Waals surface area contributed by atoms with Crippen molar-refractivity contribution in [3.8, 4) is 0 Å². The first kappa shape index (κ1) is 13.2. The summed E-state index contributed by atoms with van der Waals surface area (Å²) >= 11 is 3.55. The maximum absolute atomic E-state index is 4.53. The van der Waals surface area contributed by atoms with Crippen molar-refractivity contribution in [1.82, 2.24) is 20.1 Å². The van der Waals surface area contributed by atoms with Crippen LogP contribution in [0.3, 0.4) is 0 Å². The number of nitrogens with one attached hydrogen (secondary N) is 1. The zero-order valence-electron chi connectivity index (χ0n) is 11.0. The second kappa shape index (κ2) is 5.20. The first-order chi connectivity index (χ1) is 8.54. The Balaban J connectivity index is 2.52. The quantitative estimate of drug-likeness (QED) is 0.947. The highest BCUT2D eigenvalue weighted by molar-refractivity contribution is 9.10. The summed E-state index contributed by atoms with van der Waals surface area (Å²) in [5, 5.41) is 7.60. The highest BCUT2D eigenvalue weighted by Crippen LogP contribution is 2.29. The number of rotatable bonds is 3. The molecule has 0 saturated heterocycles. The van der Waals surface area contributed by atoms with Gasteiger partial charge in [-0.05, 0) is 48.5 Å². The van der Waals surface area contributed by atoms with E-state index in [4.69, 9.17) is 0 Å². The van der Waals surface area contributed by atoms with Crippen molar-refractivity contribution >= 4 is 15.9 Å². The zero-order chi connectivity index (χ0) is 13.3. The van der Waals surface area contributed by atoms with Crippen LogP contribution in [0.4, 0.5) is 0 Å². The lowest BCUT2D eigenvalue weighted by molar-refractivity contribution is 0.599. The molecule has 96 valence electrons. The van der Waals surface area contributed by atoms with Gasteiger partial charge in [-0.2, -0.15) is 5.10 Å². The molecule has 0 spiro atoms. The van der Waals surface area contributed by atoms with Gasteiger partial charge in [0.1, 0.15) is 0 Å². The summed E-state index contributed by atoms with van der Waals surface area (Å²) in [4.78, 5) is 4.53. The third-order valence-corrected chi connectivity index (χ3v) is 3.69. The maximum Gasteiger partial charge on any atom is 0.0774 e. The number of nitrogens with zero attached hydrogens (tertiary/aromatic N) is 3. The SMILES string of the molecule is CNC(c1ccc(C)nc1C)c1c(Br)cnn1C. The molecule has 0 aromatic carbocycles. The molecule has 4 nitrogen and oxygen atoms in total. The molecule has 1 atom stereocenters. The molecule has 2 aromatic heterocycles. The van der Waals surface area contributed by atoms with Gasteiger partial charge in [-0.15, -0.1) is 0 Å². The van der Waals surface area contributed by atoms with Gasteiger partial charge in [0.25, 0.3) is 0 Å². The van der Waals surface area contributed by atoms with Crippen molar-refractivity contribution in [1.29, 1.82) is 0 Å². The fourth-order valence-corrected chi connectivity index (χ4v) is 2.76. The highest BCUT2D eigenvalue weighted by atomic mass is 79.9. The number of hydrogen-bond acceptors (Lipinski definition) is 3. The minimum absolute atomic E-state index is 0.0833. The first-order valence-corrected chi connectivity index (χ1v) is 6.62. The van der Waals surface area contributed by atoms with E-state index in [1.807, 2.05) is 44.9 Å². The Bertz CT molecular complexity index is 543. The smallest absolute Gasteiger partial charge is 0.0774 e. The number of hydrogen-bond donors (Lipinski definition) is 1. The number of pyridine rings is 1. The topological polar surface area (TPSA) is 42.7 Å². The van der Waals surface area contributed by atoms with Crippen molar-refractivity contribution < 1.29 is 0 Å². The van der Waals surface area contributed by atoms with Crippen LogP contribution in [-0.2, 0) is 7.05 Å². The molecule has 0 bridgehead atoms. The lowest BCUT2D eigenvalue weighted by Gasteiger charge is -2.19. The van der Waals surface area contributed by atoms with Crippen molar-refractivity contribution in [2.45, 2.75) is 19.9 Å². The van der Waals surface area contributed by atoms with Crippen LogP contribution in [0.1, 0.15) is 28.7 Å². The summed E-state index contributed by atoms with van der Waals surface area (Å²) in [6, 6.07) is 4.25. The minimum atomic E-state index is 0.0833. The fraction of sp³-hybridized carbons (Fsp3) is 0.385. The van der Waals surface area contributed by atoms with E-state index in [9.17, 15) is 0 Å². The van der Waals surface area contributed by atoms with E-state index < -0.39 is 0 Å². The van der Waals surface area contributed by atoms with E-state index >= 15 is 0 Å². The Hall–Kier alpha value is -1.20. The zero-order valence-corrected chi connectivity index (χ0v) is 12.6. The van der Waals surface area contributed by atoms with Crippen LogP contribution in [0.2, 0.25) is 0 Å². The van der Waals surface area contributed by atoms with Crippen LogP contribution in [0, 0.1) is 13.8 Å². The van der Waals surface area contributed by atoms with Crippen LogP contribution in [0.25, 0.3) is 0 Å². The van der Waals surface area contributed by atoms with Gasteiger partial charge in [-0.25, -0.2) is 0 Å². The lowest BCUT2D eigenvalue weighted by atomic mass is 10.0. The third kappa shape index (κ3) is 2.33. The van der Waals surface area contributed by atoms with Crippen LogP contribution >= 0.6 is 15.9 Å². The van der Waals surface area contributed by atoms with E-state index in [0.29, 0.717) is 0 Å². The molecule has 18 heavy (non-hydrogen) atoms. The molecule has 2 heterocycles. The van der Waals surface area contributed by atoms with Gasteiger partial charge < -0.3 is 5.32 Å². The second-order valence-corrected chi connectivity index (χ2v) is 5.20. The summed E-state index contributed by atoms with van der Waals surface area (Å²) in [5.41, 5.74) is 4.36. The van der Waals surface area contributed by atoms with Crippen molar-refractivity contribution in [2.75, 3.05) is 7.05 Å². The molecule has 0 amide bonds. The largest absolute Gasteiger partial charge is 0.308 e. The van der Waals surface area contributed by atoms with Crippen LogP contribution in [0.5, 0.6) is 0 Å². The van der Waals surface area contributed by atoms with Gasteiger partial charge in [-0.1, -0.05) is 6.07 Å². The molecule has 0 saturated carbocycles. The molecule has 2 aromatic rings. The van der Waals surface area contributed by atoms with Crippen molar-refractivity contribution in [3.05, 3.63) is 45.4 Å². The molecule has 0 aliphatic rings. The van der Waals surface area contributed by atoms with E-state index in [0.717, 1.165) is 21.6 Å². The lowest BCUT2D eigenvalue weighted by Crippen LogP contribution is -2.22. The van der Waals surface area contributed by atoms with Crippen LogP contribution in [-0.4, -0.2) is 21.8 Å². The molecule has 0 fully saturated rings. The number of halogens is 1. The Morgan fingerprint density at radius 2 is 2.06 bits per heavy atom. The predicted octanol–water partition coefficient (Wildman–Crippen LogP) is 2.50. The van der Waals surface area contributed by atoms with E-state index in [1.165, 1.54) is 5.56 Å². The van der Waals surface area contributed by atoms with E-state index in [1.54, 1.807) is 0 Å². The van der Waals surface area contributed by atoms with Crippen molar-refractivity contribution in [3.63, 3.8) is 0 Å². The summed E-state index contributed by atoms with van der Waals surface area (Å²) in [7, 11) is 3.89. The number of aryl methyl sites for hydroxylation is 3. The third-order valence-electron chi connectivity index (χ3n) is 3.08.